The fourth-order valence-electron chi connectivity index (χ4n) is 0.241. The van der Waals surface area contributed by atoms with Crippen molar-refractivity contribution in [2.24, 2.45) is 0 Å². The van der Waals surface area contributed by atoms with Crippen molar-refractivity contribution in [2.75, 3.05) is 0 Å². The molecule has 0 spiro atoms. The lowest BCUT2D eigenvalue weighted by Gasteiger charge is -1.96. The molecule has 0 aliphatic heterocycles. The largest absolute Gasteiger partial charge is 0.481 e. The summed E-state index contributed by atoms with van der Waals surface area (Å²) in [6.45, 7) is 0. The molecule has 0 saturated heterocycles. The molecule has 0 unspecified atom stereocenters. The number of aliphatic carboxylic acids is 2. The highest BCUT2D eigenvalue weighted by atomic mass is 79.9. The highest BCUT2D eigenvalue weighted by Gasteiger charge is 2.15. The third-order valence-corrected chi connectivity index (χ3v) is 1.34. The lowest BCUT2D eigenvalue weighted by Crippen LogP contribution is -2.16. The maximum atomic E-state index is 9.92. The molecule has 0 saturated carbocycles. The smallest absolute Gasteiger partial charge is 0.317 e. The van der Waals surface area contributed by atoms with E-state index in [4.69, 9.17) is 10.2 Å². The van der Waals surface area contributed by atoms with E-state index in [1.165, 1.54) is 0 Å². The van der Waals surface area contributed by atoms with Crippen LogP contribution in [0.5, 0.6) is 0 Å². The van der Waals surface area contributed by atoms with Crippen LogP contribution in [0, 0.1) is 0 Å². The second-order valence-corrected chi connectivity index (χ2v) is 2.51. The van der Waals surface area contributed by atoms with Crippen LogP contribution in [0.3, 0.4) is 0 Å². The van der Waals surface area contributed by atoms with Gasteiger partial charge in [-0.2, -0.15) is 0 Å². The monoisotopic (exact) mass is 196 g/mol. The fourth-order valence-corrected chi connectivity index (χ4v) is 0.518. The molecule has 52 valence electrons. The van der Waals surface area contributed by atoms with Gasteiger partial charge in [-0.3, -0.25) is 9.59 Å². The van der Waals surface area contributed by atoms with Crippen molar-refractivity contribution in [3.05, 3.63) is 0 Å². The number of hydrogen-bond donors (Lipinski definition) is 2. The van der Waals surface area contributed by atoms with E-state index in [0.29, 0.717) is 0 Å². The van der Waals surface area contributed by atoms with Gasteiger partial charge in [0, 0.05) is 0 Å². The zero-order chi connectivity index (χ0) is 7.44. The highest BCUT2D eigenvalue weighted by molar-refractivity contribution is 9.10. The maximum Gasteiger partial charge on any atom is 0.317 e. The van der Waals surface area contributed by atoms with Crippen LogP contribution in [0.4, 0.5) is 0 Å². The van der Waals surface area contributed by atoms with E-state index in [1.54, 1.807) is 0 Å². The first-order valence-corrected chi connectivity index (χ1v) is 3.04. The summed E-state index contributed by atoms with van der Waals surface area (Å²) >= 11 is 2.66. The number of alkyl halides is 1. The van der Waals surface area contributed by atoms with Gasteiger partial charge in [0.05, 0.1) is 6.42 Å². The molecule has 0 aromatic rings. The Bertz CT molecular complexity index is 133. The standard InChI is InChI=1S/C4H5BrO4/c5-2(4(8)9)1-3(6)7/h2H,1H2,(H,6,7)(H,8,9)/t2-/m0/s1. The van der Waals surface area contributed by atoms with E-state index >= 15 is 0 Å². The van der Waals surface area contributed by atoms with Crippen LogP contribution >= 0.6 is 15.9 Å². The first-order valence-electron chi connectivity index (χ1n) is 2.12. The van der Waals surface area contributed by atoms with E-state index in [0.717, 1.165) is 0 Å². The van der Waals surface area contributed by atoms with Crippen LogP contribution in [0.15, 0.2) is 0 Å². The molecule has 9 heavy (non-hydrogen) atoms. The molecular formula is C4H5BrO4. The zero-order valence-corrected chi connectivity index (χ0v) is 5.96. The predicted octanol–water partition coefficient (Wildman–Crippen LogP) is 0.309. The Balaban J connectivity index is 3.63. The Morgan fingerprint density at radius 1 is 1.44 bits per heavy atom. The number of halogens is 1. The first kappa shape index (κ1) is 8.42. The van der Waals surface area contributed by atoms with Gasteiger partial charge in [-0.1, -0.05) is 15.9 Å². The quantitative estimate of drug-likeness (QED) is 0.638. The maximum absolute atomic E-state index is 9.92. The van der Waals surface area contributed by atoms with E-state index in [-0.39, 0.29) is 0 Å². The number of carboxylic acid groups (broad SMARTS) is 2. The van der Waals surface area contributed by atoms with Crippen molar-refractivity contribution >= 4 is 27.9 Å². The summed E-state index contributed by atoms with van der Waals surface area (Å²) < 4.78 is 0. The van der Waals surface area contributed by atoms with Crippen LogP contribution in [-0.4, -0.2) is 27.0 Å². The Kier molecular flexibility index (Phi) is 3.22. The summed E-state index contributed by atoms with van der Waals surface area (Å²) in [5, 5.41) is 16.2. The zero-order valence-electron chi connectivity index (χ0n) is 4.37. The second-order valence-electron chi connectivity index (χ2n) is 1.40. The molecule has 0 amide bonds. The van der Waals surface area contributed by atoms with Gasteiger partial charge in [-0.15, -0.1) is 0 Å². The van der Waals surface area contributed by atoms with Gasteiger partial charge in [0.1, 0.15) is 4.83 Å². The lowest BCUT2D eigenvalue weighted by molar-refractivity contribution is -0.142. The van der Waals surface area contributed by atoms with Gasteiger partial charge in [0.2, 0.25) is 0 Å². The Hall–Kier alpha value is -0.580. The summed E-state index contributed by atoms with van der Waals surface area (Å²) in [6.07, 6.45) is -0.394. The summed E-state index contributed by atoms with van der Waals surface area (Å²) in [7, 11) is 0. The molecular weight excluding hydrogens is 192 g/mol. The molecule has 0 fully saturated rings. The van der Waals surface area contributed by atoms with Crippen molar-refractivity contribution in [3.63, 3.8) is 0 Å². The third kappa shape index (κ3) is 3.96. The van der Waals surface area contributed by atoms with Gasteiger partial charge >= 0.3 is 11.9 Å². The summed E-state index contributed by atoms with van der Waals surface area (Å²) in [4.78, 5) is 18.8. The lowest BCUT2D eigenvalue weighted by atomic mass is 10.3. The molecule has 0 heterocycles. The van der Waals surface area contributed by atoms with Gasteiger partial charge in [-0.05, 0) is 0 Å². The van der Waals surface area contributed by atoms with Crippen molar-refractivity contribution in [2.45, 2.75) is 11.2 Å². The fraction of sp³-hybridized carbons (Fsp3) is 0.500. The van der Waals surface area contributed by atoms with Gasteiger partial charge in [0.15, 0.2) is 0 Å². The van der Waals surface area contributed by atoms with E-state index in [9.17, 15) is 9.59 Å². The number of hydrogen-bond acceptors (Lipinski definition) is 2. The van der Waals surface area contributed by atoms with Crippen LogP contribution < -0.4 is 0 Å². The van der Waals surface area contributed by atoms with Crippen molar-refractivity contribution in [3.8, 4) is 0 Å². The normalized spacial score (nSPS) is 12.6. The summed E-state index contributed by atoms with van der Waals surface area (Å²) in [6, 6.07) is 0. The van der Waals surface area contributed by atoms with Crippen LogP contribution in [0.1, 0.15) is 6.42 Å². The summed E-state index contributed by atoms with van der Waals surface area (Å²) in [5.74, 6) is -2.28. The molecule has 0 bridgehead atoms. The highest BCUT2D eigenvalue weighted by Crippen LogP contribution is 2.03. The molecule has 0 aliphatic carbocycles. The van der Waals surface area contributed by atoms with Crippen LogP contribution in [0.25, 0.3) is 0 Å². The van der Waals surface area contributed by atoms with Crippen molar-refractivity contribution in [1.82, 2.24) is 0 Å². The van der Waals surface area contributed by atoms with Crippen molar-refractivity contribution < 1.29 is 19.8 Å². The van der Waals surface area contributed by atoms with E-state index < -0.39 is 23.2 Å². The minimum atomic E-state index is -1.16. The number of carboxylic acids is 2. The molecule has 0 aromatic heterocycles. The molecule has 0 rings (SSSR count). The molecule has 1 atom stereocenters. The average molecular weight is 197 g/mol. The molecule has 5 heteroatoms. The van der Waals surface area contributed by atoms with E-state index in [2.05, 4.69) is 15.9 Å². The van der Waals surface area contributed by atoms with Crippen molar-refractivity contribution in [1.29, 1.82) is 0 Å². The molecule has 2 N–H and O–H groups in total. The van der Waals surface area contributed by atoms with Crippen LogP contribution in [-0.2, 0) is 9.59 Å². The molecule has 0 aliphatic rings. The predicted molar refractivity (Wildman–Crippen MR) is 32.6 cm³/mol. The first-order chi connectivity index (χ1) is 4.04. The van der Waals surface area contributed by atoms with Gasteiger partial charge in [-0.25, -0.2) is 0 Å². The number of rotatable bonds is 3. The third-order valence-electron chi connectivity index (χ3n) is 0.622. The average Bonchev–Trinajstić information content (AvgIpc) is 1.63. The Morgan fingerprint density at radius 3 is 2.00 bits per heavy atom. The van der Waals surface area contributed by atoms with Crippen LogP contribution in [0.2, 0.25) is 0 Å². The SMILES string of the molecule is O=C(O)C[C@H](Br)C(=O)O. The topological polar surface area (TPSA) is 74.6 Å². The van der Waals surface area contributed by atoms with Gasteiger partial charge < -0.3 is 10.2 Å². The minimum Gasteiger partial charge on any atom is -0.481 e. The minimum absolute atomic E-state index is 0.394. The Labute approximate surface area is 59.6 Å². The Morgan fingerprint density at radius 2 is 1.89 bits per heavy atom. The second kappa shape index (κ2) is 3.45. The summed E-state index contributed by atoms with van der Waals surface area (Å²) in [5.41, 5.74) is 0. The molecule has 0 radical (unpaired) electrons. The van der Waals surface area contributed by atoms with Gasteiger partial charge in [0.25, 0.3) is 0 Å². The molecule has 4 nitrogen and oxygen atoms in total. The molecule has 0 aromatic carbocycles. The van der Waals surface area contributed by atoms with E-state index in [1.807, 2.05) is 0 Å². The number of carbonyl (C=O) groups is 2.